The molecule has 2 aromatic rings. The molecule has 0 heterocycles. The van der Waals surface area contributed by atoms with Crippen LogP contribution in [0.5, 0.6) is 5.75 Å². The maximum absolute atomic E-state index is 12.9. The van der Waals surface area contributed by atoms with Crippen molar-refractivity contribution in [3.63, 3.8) is 0 Å². The van der Waals surface area contributed by atoms with Crippen molar-refractivity contribution in [2.45, 2.75) is 38.0 Å². The van der Waals surface area contributed by atoms with Crippen LogP contribution in [-0.2, 0) is 14.8 Å². The third-order valence-corrected chi connectivity index (χ3v) is 7.67. The molecule has 30 heavy (non-hydrogen) atoms. The molecule has 0 saturated heterocycles. The number of halogens is 1. The number of nitrogens with zero attached hydrogens (tertiary/aromatic N) is 1. The molecule has 2 unspecified atom stereocenters. The standard InChI is InChI=1S/C22H27ClN2O4S/c1-4-25(5-2)30(27,28)15-11-12-21(29-6-3)20(13-15)24-22(26)18-14-17(18)16-9-7-8-10-19(16)23/h7-13,17-18H,4-6,14H2,1-3H3,(H,24,26). The lowest BCUT2D eigenvalue weighted by atomic mass is 10.1. The summed E-state index contributed by atoms with van der Waals surface area (Å²) < 4.78 is 32.7. The number of anilines is 1. The third-order valence-electron chi connectivity index (χ3n) is 5.28. The van der Waals surface area contributed by atoms with Crippen LogP contribution >= 0.6 is 11.6 Å². The smallest absolute Gasteiger partial charge is 0.243 e. The summed E-state index contributed by atoms with van der Waals surface area (Å²) in [7, 11) is -3.65. The van der Waals surface area contributed by atoms with Gasteiger partial charge in [0.25, 0.3) is 0 Å². The number of benzene rings is 2. The van der Waals surface area contributed by atoms with Gasteiger partial charge in [-0.25, -0.2) is 8.42 Å². The quantitative estimate of drug-likeness (QED) is 0.609. The number of nitrogens with one attached hydrogen (secondary N) is 1. The zero-order valence-corrected chi connectivity index (χ0v) is 19.0. The predicted octanol–water partition coefficient (Wildman–Crippen LogP) is 4.51. The van der Waals surface area contributed by atoms with Gasteiger partial charge >= 0.3 is 0 Å². The largest absolute Gasteiger partial charge is 0.492 e. The topological polar surface area (TPSA) is 75.7 Å². The van der Waals surface area contributed by atoms with Crippen LogP contribution < -0.4 is 10.1 Å². The van der Waals surface area contributed by atoms with Gasteiger partial charge in [-0.15, -0.1) is 0 Å². The van der Waals surface area contributed by atoms with E-state index in [0.717, 1.165) is 5.56 Å². The summed E-state index contributed by atoms with van der Waals surface area (Å²) in [6.45, 7) is 6.56. The van der Waals surface area contributed by atoms with E-state index in [1.807, 2.05) is 31.2 Å². The number of ether oxygens (including phenoxy) is 1. The molecule has 1 N–H and O–H groups in total. The molecule has 6 nitrogen and oxygen atoms in total. The van der Waals surface area contributed by atoms with Crippen molar-refractivity contribution in [1.29, 1.82) is 0 Å². The maximum atomic E-state index is 12.9. The molecular weight excluding hydrogens is 424 g/mol. The zero-order chi connectivity index (χ0) is 21.9. The van der Waals surface area contributed by atoms with Crippen LogP contribution in [0.3, 0.4) is 0 Å². The van der Waals surface area contributed by atoms with Crippen molar-refractivity contribution in [1.82, 2.24) is 4.31 Å². The van der Waals surface area contributed by atoms with E-state index in [9.17, 15) is 13.2 Å². The SMILES string of the molecule is CCOc1ccc(S(=O)(=O)N(CC)CC)cc1NC(=O)C1CC1c1ccccc1Cl. The lowest BCUT2D eigenvalue weighted by molar-refractivity contribution is -0.117. The molecule has 0 bridgehead atoms. The fourth-order valence-electron chi connectivity index (χ4n) is 3.59. The molecule has 0 radical (unpaired) electrons. The van der Waals surface area contributed by atoms with Crippen LogP contribution in [0.1, 0.15) is 38.7 Å². The average molecular weight is 451 g/mol. The molecule has 0 aliphatic heterocycles. The van der Waals surface area contributed by atoms with Crippen LogP contribution in [0, 0.1) is 5.92 Å². The van der Waals surface area contributed by atoms with Gasteiger partial charge in [0, 0.05) is 24.0 Å². The summed E-state index contributed by atoms with van der Waals surface area (Å²) in [5, 5.41) is 3.53. The van der Waals surface area contributed by atoms with Gasteiger partial charge in [0.2, 0.25) is 15.9 Å². The Balaban J connectivity index is 1.84. The molecule has 1 saturated carbocycles. The van der Waals surface area contributed by atoms with Crippen LogP contribution in [0.4, 0.5) is 5.69 Å². The second-order valence-electron chi connectivity index (χ2n) is 7.14. The molecule has 2 atom stereocenters. The summed E-state index contributed by atoms with van der Waals surface area (Å²) >= 11 is 6.26. The molecule has 0 spiro atoms. The Morgan fingerprint density at radius 1 is 1.17 bits per heavy atom. The van der Waals surface area contributed by atoms with E-state index in [2.05, 4.69) is 5.32 Å². The third kappa shape index (κ3) is 4.63. The van der Waals surface area contributed by atoms with Crippen LogP contribution in [0.15, 0.2) is 47.4 Å². The summed E-state index contributed by atoms with van der Waals surface area (Å²) in [4.78, 5) is 13.0. The number of amides is 1. The van der Waals surface area contributed by atoms with Gasteiger partial charge in [0.1, 0.15) is 5.75 Å². The summed E-state index contributed by atoms with van der Waals surface area (Å²) in [5.74, 6) is 0.136. The van der Waals surface area contributed by atoms with Gasteiger partial charge in [0.15, 0.2) is 0 Å². The van der Waals surface area contributed by atoms with E-state index in [4.69, 9.17) is 16.3 Å². The number of hydrogen-bond donors (Lipinski definition) is 1. The highest BCUT2D eigenvalue weighted by Gasteiger charge is 2.45. The Kier molecular flexibility index (Phi) is 7.06. The molecule has 0 aromatic heterocycles. The zero-order valence-electron chi connectivity index (χ0n) is 17.4. The molecule has 3 rings (SSSR count). The highest BCUT2D eigenvalue weighted by Crippen LogP contribution is 2.50. The van der Waals surface area contributed by atoms with Gasteiger partial charge in [-0.1, -0.05) is 43.6 Å². The van der Waals surface area contributed by atoms with Gasteiger partial charge in [0.05, 0.1) is 17.2 Å². The van der Waals surface area contributed by atoms with E-state index < -0.39 is 10.0 Å². The van der Waals surface area contributed by atoms with Gasteiger partial charge in [-0.3, -0.25) is 4.79 Å². The maximum Gasteiger partial charge on any atom is 0.243 e. The summed E-state index contributed by atoms with van der Waals surface area (Å²) in [5.41, 5.74) is 1.32. The molecule has 162 valence electrons. The molecule has 2 aromatic carbocycles. The van der Waals surface area contributed by atoms with Crippen LogP contribution in [0.2, 0.25) is 5.02 Å². The van der Waals surface area contributed by atoms with Gasteiger partial charge < -0.3 is 10.1 Å². The molecule has 8 heteroatoms. The van der Waals surface area contributed by atoms with E-state index >= 15 is 0 Å². The molecule has 1 aliphatic carbocycles. The Labute approximate surface area is 183 Å². The van der Waals surface area contributed by atoms with Crippen molar-refractivity contribution < 1.29 is 17.9 Å². The van der Waals surface area contributed by atoms with Crippen molar-refractivity contribution in [3.05, 3.63) is 53.1 Å². The van der Waals surface area contributed by atoms with Crippen molar-refractivity contribution in [2.24, 2.45) is 5.92 Å². The first kappa shape index (κ1) is 22.6. The van der Waals surface area contributed by atoms with Crippen molar-refractivity contribution in [3.8, 4) is 5.75 Å². The molecule has 1 amide bonds. The first-order valence-electron chi connectivity index (χ1n) is 10.2. The molecule has 1 fully saturated rings. The number of carbonyl (C=O) groups is 1. The van der Waals surface area contributed by atoms with E-state index in [0.29, 0.717) is 42.6 Å². The average Bonchev–Trinajstić information content (AvgIpc) is 3.51. The van der Waals surface area contributed by atoms with Crippen molar-refractivity contribution in [2.75, 3.05) is 25.0 Å². The normalized spacial score (nSPS) is 18.3. The van der Waals surface area contributed by atoms with Crippen LogP contribution in [-0.4, -0.2) is 38.3 Å². The second kappa shape index (κ2) is 9.37. The van der Waals surface area contributed by atoms with E-state index in [1.54, 1.807) is 19.9 Å². The van der Waals surface area contributed by atoms with Gasteiger partial charge in [-0.05, 0) is 49.1 Å². The predicted molar refractivity (Wildman–Crippen MR) is 119 cm³/mol. The Morgan fingerprint density at radius 3 is 2.50 bits per heavy atom. The Bertz CT molecular complexity index is 1020. The van der Waals surface area contributed by atoms with Crippen LogP contribution in [0.25, 0.3) is 0 Å². The fraction of sp³-hybridized carbons (Fsp3) is 0.409. The minimum Gasteiger partial charge on any atom is -0.492 e. The Morgan fingerprint density at radius 2 is 1.87 bits per heavy atom. The molecule has 1 aliphatic rings. The van der Waals surface area contributed by atoms with Gasteiger partial charge in [-0.2, -0.15) is 4.31 Å². The minimum atomic E-state index is -3.65. The monoisotopic (exact) mass is 450 g/mol. The lowest BCUT2D eigenvalue weighted by Gasteiger charge is -2.20. The summed E-state index contributed by atoms with van der Waals surface area (Å²) in [6, 6.07) is 12.1. The fourth-order valence-corrected chi connectivity index (χ4v) is 5.35. The molecular formula is C22H27ClN2O4S. The number of carbonyl (C=O) groups excluding carboxylic acids is 1. The van der Waals surface area contributed by atoms with E-state index in [-0.39, 0.29) is 22.6 Å². The van der Waals surface area contributed by atoms with Crippen molar-refractivity contribution >= 4 is 33.2 Å². The summed E-state index contributed by atoms with van der Waals surface area (Å²) in [6.07, 6.45) is 0.705. The number of hydrogen-bond acceptors (Lipinski definition) is 4. The highest BCUT2D eigenvalue weighted by molar-refractivity contribution is 7.89. The number of sulfonamides is 1. The minimum absolute atomic E-state index is 0.0665. The lowest BCUT2D eigenvalue weighted by Crippen LogP contribution is -2.30. The van der Waals surface area contributed by atoms with E-state index in [1.165, 1.54) is 16.4 Å². The first-order valence-corrected chi connectivity index (χ1v) is 12.0. The second-order valence-corrected chi connectivity index (χ2v) is 9.48. The first-order chi connectivity index (χ1) is 14.3. The Hall–Kier alpha value is -2.09. The number of rotatable bonds is 9. The highest BCUT2D eigenvalue weighted by atomic mass is 35.5.